The van der Waals surface area contributed by atoms with E-state index < -0.39 is 5.79 Å². The molecule has 0 radical (unpaired) electrons. The zero-order valence-corrected chi connectivity index (χ0v) is 17.3. The van der Waals surface area contributed by atoms with Crippen molar-refractivity contribution < 1.29 is 9.47 Å². The molecule has 1 heterocycles. The minimum atomic E-state index is -0.403. The van der Waals surface area contributed by atoms with Crippen LogP contribution in [0.15, 0.2) is 11.1 Å². The lowest BCUT2D eigenvalue weighted by molar-refractivity contribution is -0.154. The fraction of sp³-hybridized carbons (Fsp3) is 0.913. The van der Waals surface area contributed by atoms with Crippen molar-refractivity contribution in [3.8, 4) is 0 Å². The molecule has 0 N–H and O–H groups in total. The second-order valence-electron chi connectivity index (χ2n) is 11.1. The molecule has 2 nitrogen and oxygen atoms in total. The van der Waals surface area contributed by atoms with Crippen molar-refractivity contribution in [2.75, 3.05) is 6.61 Å². The van der Waals surface area contributed by atoms with Gasteiger partial charge in [-0.1, -0.05) is 45.3 Å². The van der Waals surface area contributed by atoms with E-state index in [1.165, 1.54) is 51.4 Å². The summed E-state index contributed by atoms with van der Waals surface area (Å²) in [5.41, 5.74) is 4.87. The third-order valence-electron chi connectivity index (χ3n) is 8.43. The molecule has 1 aliphatic heterocycles. The van der Waals surface area contributed by atoms with Gasteiger partial charge in [-0.05, 0) is 75.5 Å². The van der Waals surface area contributed by atoms with Gasteiger partial charge < -0.3 is 9.47 Å². The summed E-state index contributed by atoms with van der Waals surface area (Å²) < 4.78 is 12.2. The highest BCUT2D eigenvalue weighted by atomic mass is 16.7. The van der Waals surface area contributed by atoms with Crippen LogP contribution in [0.3, 0.4) is 0 Å². The second-order valence-corrected chi connectivity index (χ2v) is 11.1. The van der Waals surface area contributed by atoms with Crippen molar-refractivity contribution >= 4 is 0 Å². The Bertz CT molecular complexity index is 587. The molecule has 2 fully saturated rings. The summed E-state index contributed by atoms with van der Waals surface area (Å²) in [5, 5.41) is 0. The summed E-state index contributed by atoms with van der Waals surface area (Å²) in [5.74, 6) is 0.473. The first kappa shape index (κ1) is 18.0. The van der Waals surface area contributed by atoms with Gasteiger partial charge in [0.25, 0.3) is 0 Å². The van der Waals surface area contributed by atoms with Crippen molar-refractivity contribution in [3.05, 3.63) is 11.1 Å². The molecule has 4 rings (SSSR count). The lowest BCUT2D eigenvalue weighted by Gasteiger charge is -2.57. The Balaban J connectivity index is 1.61. The van der Waals surface area contributed by atoms with Gasteiger partial charge in [-0.25, -0.2) is 0 Å². The molecule has 0 aromatic heterocycles. The Hall–Kier alpha value is -0.340. The van der Waals surface area contributed by atoms with E-state index in [2.05, 4.69) is 41.5 Å². The molecule has 0 aromatic carbocycles. The molecule has 1 saturated carbocycles. The highest BCUT2D eigenvalue weighted by molar-refractivity contribution is 5.32. The summed E-state index contributed by atoms with van der Waals surface area (Å²) in [6.07, 6.45) is 11.0. The zero-order chi connectivity index (χ0) is 18.1. The van der Waals surface area contributed by atoms with Crippen molar-refractivity contribution in [1.29, 1.82) is 0 Å². The van der Waals surface area contributed by atoms with Crippen LogP contribution < -0.4 is 0 Å². The van der Waals surface area contributed by atoms with Gasteiger partial charge in [0.1, 0.15) is 0 Å². The molecule has 4 aliphatic rings. The smallest absolute Gasteiger partial charge is 0.163 e. The molecule has 142 valence electrons. The lowest BCUT2D eigenvalue weighted by Crippen LogP contribution is -2.48. The molecule has 25 heavy (non-hydrogen) atoms. The number of allylic oxidation sites excluding steroid dienone is 2. The van der Waals surface area contributed by atoms with Gasteiger partial charge >= 0.3 is 0 Å². The topological polar surface area (TPSA) is 18.5 Å². The molecular weight excluding hydrogens is 308 g/mol. The highest BCUT2D eigenvalue weighted by Gasteiger charge is 2.54. The van der Waals surface area contributed by atoms with Gasteiger partial charge in [0.05, 0.1) is 12.7 Å². The van der Waals surface area contributed by atoms with E-state index in [-0.39, 0.29) is 11.5 Å². The number of hydrogen-bond acceptors (Lipinski definition) is 2. The van der Waals surface area contributed by atoms with Gasteiger partial charge in [-0.2, -0.15) is 0 Å². The molecular formula is C23H38O2. The van der Waals surface area contributed by atoms with Gasteiger partial charge in [0.15, 0.2) is 5.79 Å². The van der Waals surface area contributed by atoms with Crippen molar-refractivity contribution in [3.63, 3.8) is 0 Å². The Morgan fingerprint density at radius 1 is 0.920 bits per heavy atom. The second kappa shape index (κ2) is 5.58. The van der Waals surface area contributed by atoms with Crippen LogP contribution in [0.5, 0.6) is 0 Å². The maximum atomic E-state index is 6.29. The van der Waals surface area contributed by atoms with Crippen LogP contribution in [0.25, 0.3) is 0 Å². The van der Waals surface area contributed by atoms with Gasteiger partial charge in [0.2, 0.25) is 0 Å². The van der Waals surface area contributed by atoms with E-state index in [9.17, 15) is 0 Å². The van der Waals surface area contributed by atoms with Crippen LogP contribution in [0.4, 0.5) is 0 Å². The van der Waals surface area contributed by atoms with Crippen LogP contribution in [-0.4, -0.2) is 18.5 Å². The molecule has 2 heteroatoms. The Kier molecular flexibility index (Phi) is 4.03. The van der Waals surface area contributed by atoms with E-state index in [1.807, 2.05) is 5.57 Å². The molecule has 0 bridgehead atoms. The van der Waals surface area contributed by atoms with Crippen LogP contribution >= 0.6 is 0 Å². The van der Waals surface area contributed by atoms with Crippen LogP contribution in [0.2, 0.25) is 0 Å². The van der Waals surface area contributed by atoms with Crippen molar-refractivity contribution in [2.24, 2.45) is 22.2 Å². The van der Waals surface area contributed by atoms with E-state index in [1.54, 1.807) is 5.57 Å². The average Bonchev–Trinajstić information content (AvgIpc) is 2.87. The maximum Gasteiger partial charge on any atom is 0.163 e. The monoisotopic (exact) mass is 346 g/mol. The average molecular weight is 347 g/mol. The molecule has 0 aromatic rings. The normalized spacial score (nSPS) is 45.8. The summed E-state index contributed by atoms with van der Waals surface area (Å²) in [7, 11) is 0. The third-order valence-corrected chi connectivity index (χ3v) is 8.43. The first-order valence-corrected chi connectivity index (χ1v) is 10.6. The number of ether oxygens (including phenoxy) is 2. The largest absolute Gasteiger partial charge is 0.348 e. The Morgan fingerprint density at radius 3 is 2.36 bits per heavy atom. The fourth-order valence-electron chi connectivity index (χ4n) is 7.02. The highest BCUT2D eigenvalue weighted by Crippen LogP contribution is 2.63. The number of fused-ring (bicyclic) bond motifs is 2. The maximum absolute atomic E-state index is 6.29. The predicted molar refractivity (Wildman–Crippen MR) is 102 cm³/mol. The quantitative estimate of drug-likeness (QED) is 0.522. The van der Waals surface area contributed by atoms with Crippen molar-refractivity contribution in [2.45, 2.75) is 105 Å². The number of rotatable bonds is 1. The van der Waals surface area contributed by atoms with E-state index in [0.717, 1.165) is 12.5 Å². The fourth-order valence-corrected chi connectivity index (χ4v) is 7.02. The van der Waals surface area contributed by atoms with E-state index in [0.29, 0.717) is 10.8 Å². The van der Waals surface area contributed by atoms with Gasteiger partial charge in [0, 0.05) is 5.41 Å². The Labute approximate surface area is 154 Å². The van der Waals surface area contributed by atoms with Crippen molar-refractivity contribution in [1.82, 2.24) is 0 Å². The molecule has 0 amide bonds. The lowest BCUT2D eigenvalue weighted by atomic mass is 9.48. The van der Waals surface area contributed by atoms with E-state index >= 15 is 0 Å². The van der Waals surface area contributed by atoms with Crippen LogP contribution in [0.1, 0.15) is 92.9 Å². The summed E-state index contributed by atoms with van der Waals surface area (Å²) in [4.78, 5) is 0. The van der Waals surface area contributed by atoms with Crippen LogP contribution in [-0.2, 0) is 9.47 Å². The minimum absolute atomic E-state index is 0.250. The van der Waals surface area contributed by atoms with Gasteiger partial charge in [-0.3, -0.25) is 0 Å². The molecule has 0 spiro atoms. The molecule has 4 atom stereocenters. The standard InChI is InChI=1S/C23H38O2/c1-20(2)11-7-12-23(6)17-10-13-22(5,14-16(17)8-9-18(20)23)19-15-24-21(3,4)25-19/h18-19H,7-15H2,1-6H3/t18?,19?,22-,23+/m0/s1. The summed E-state index contributed by atoms with van der Waals surface area (Å²) >= 11 is 0. The molecule has 1 saturated heterocycles. The number of hydrogen-bond donors (Lipinski definition) is 0. The third kappa shape index (κ3) is 2.83. The van der Waals surface area contributed by atoms with Gasteiger partial charge in [-0.15, -0.1) is 0 Å². The molecule has 3 aliphatic carbocycles. The Morgan fingerprint density at radius 2 is 1.68 bits per heavy atom. The van der Waals surface area contributed by atoms with E-state index in [4.69, 9.17) is 9.47 Å². The predicted octanol–water partition coefficient (Wildman–Crippen LogP) is 6.25. The first-order valence-electron chi connectivity index (χ1n) is 10.6. The summed E-state index contributed by atoms with van der Waals surface area (Å²) in [6, 6.07) is 0. The minimum Gasteiger partial charge on any atom is -0.348 e. The summed E-state index contributed by atoms with van der Waals surface area (Å²) in [6.45, 7) is 15.0. The van der Waals surface area contributed by atoms with Crippen LogP contribution in [0, 0.1) is 22.2 Å². The SMILES string of the molecule is CC1(C)OCC([C@@]2(C)CCC3=C(CCC4C(C)(C)CCC[C@]34C)C2)O1. The zero-order valence-electron chi connectivity index (χ0n) is 17.3. The molecule has 2 unspecified atom stereocenters. The first-order chi connectivity index (χ1) is 11.6.